The van der Waals surface area contributed by atoms with Gasteiger partial charge in [0, 0.05) is 36.1 Å². The van der Waals surface area contributed by atoms with E-state index in [0.717, 1.165) is 9.18 Å². The van der Waals surface area contributed by atoms with Crippen LogP contribution in [0.2, 0.25) is 0 Å². The largest absolute Gasteiger partial charge is 0.420 e. The van der Waals surface area contributed by atoms with Gasteiger partial charge in [-0.25, -0.2) is 18.2 Å². The van der Waals surface area contributed by atoms with Crippen molar-refractivity contribution in [2.75, 3.05) is 12.4 Å². The van der Waals surface area contributed by atoms with E-state index < -0.39 is 21.9 Å². The molecule has 1 aromatic carbocycles. The molecule has 9 nitrogen and oxygen atoms in total. The lowest BCUT2D eigenvalue weighted by Gasteiger charge is -2.29. The number of pyridine rings is 1. The van der Waals surface area contributed by atoms with Crippen molar-refractivity contribution in [3.8, 4) is 0 Å². The molecule has 1 aliphatic heterocycles. The minimum Gasteiger partial charge on any atom is -0.420 e. The average molecular weight is 457 g/mol. The summed E-state index contributed by atoms with van der Waals surface area (Å²) in [6.07, 6.45) is 4.39. The first-order chi connectivity index (χ1) is 14.8. The van der Waals surface area contributed by atoms with Gasteiger partial charge in [-0.2, -0.15) is 0 Å². The number of ether oxygens (including phenoxy) is 1. The van der Waals surface area contributed by atoms with Gasteiger partial charge in [0.15, 0.2) is 16.6 Å². The molecule has 11 heteroatoms. The zero-order valence-corrected chi connectivity index (χ0v) is 18.0. The second-order valence-corrected chi connectivity index (χ2v) is 9.68. The third kappa shape index (κ3) is 3.80. The van der Waals surface area contributed by atoms with Gasteiger partial charge in [0.05, 0.1) is 10.5 Å². The predicted molar refractivity (Wildman–Crippen MR) is 113 cm³/mol. The third-order valence-corrected chi connectivity index (χ3v) is 7.09. The molecule has 0 saturated heterocycles. The van der Waals surface area contributed by atoms with E-state index in [1.807, 2.05) is 6.92 Å². The van der Waals surface area contributed by atoms with E-state index >= 15 is 0 Å². The smallest absolute Gasteiger partial charge is 0.345 e. The average Bonchev–Trinajstić information content (AvgIpc) is 3.17. The molecular weight excluding hydrogens is 440 g/mol. The molecule has 3 aromatic rings. The molecule has 1 N–H and O–H groups in total. The number of thiazole rings is 1. The van der Waals surface area contributed by atoms with Gasteiger partial charge in [-0.05, 0) is 31.2 Å². The van der Waals surface area contributed by atoms with Gasteiger partial charge in [0.1, 0.15) is 0 Å². The van der Waals surface area contributed by atoms with Crippen LogP contribution in [0.1, 0.15) is 20.8 Å². The molecular formula is C20H16N4O5S2. The van der Waals surface area contributed by atoms with Crippen LogP contribution in [0.4, 0.5) is 5.13 Å². The highest BCUT2D eigenvalue weighted by Gasteiger charge is 2.39. The molecule has 0 unspecified atom stereocenters. The molecule has 2 aromatic heterocycles. The molecule has 0 fully saturated rings. The van der Waals surface area contributed by atoms with Crippen LogP contribution in [0, 0.1) is 6.92 Å². The Labute approximate surface area is 182 Å². The second-order valence-electron chi connectivity index (χ2n) is 6.51. The van der Waals surface area contributed by atoms with Crippen LogP contribution >= 0.6 is 11.3 Å². The van der Waals surface area contributed by atoms with E-state index in [9.17, 15) is 18.0 Å². The molecule has 1 aliphatic rings. The fraction of sp³-hybridized carbons (Fsp3) is 0.100. The van der Waals surface area contributed by atoms with Crippen molar-refractivity contribution >= 4 is 44.1 Å². The lowest BCUT2D eigenvalue weighted by atomic mass is 10.1. The quantitative estimate of drug-likeness (QED) is 0.600. The Morgan fingerprint density at radius 3 is 2.58 bits per heavy atom. The Bertz CT molecular complexity index is 1320. The van der Waals surface area contributed by atoms with Crippen molar-refractivity contribution < 1.29 is 22.7 Å². The number of esters is 1. The second kappa shape index (κ2) is 7.93. The Morgan fingerprint density at radius 1 is 1.13 bits per heavy atom. The molecule has 0 radical (unpaired) electrons. The number of hydrogen-bond donors (Lipinski definition) is 1. The summed E-state index contributed by atoms with van der Waals surface area (Å²) in [7, 11) is -2.81. The van der Waals surface area contributed by atoms with Gasteiger partial charge >= 0.3 is 5.97 Å². The van der Waals surface area contributed by atoms with E-state index in [2.05, 4.69) is 15.3 Å². The lowest BCUT2D eigenvalue weighted by molar-refractivity contribution is -0.113. The maximum Gasteiger partial charge on any atom is 0.345 e. The van der Waals surface area contributed by atoms with Crippen molar-refractivity contribution in [3.63, 3.8) is 0 Å². The van der Waals surface area contributed by atoms with E-state index in [1.54, 1.807) is 24.4 Å². The minimum atomic E-state index is -4.04. The summed E-state index contributed by atoms with van der Waals surface area (Å²) in [6.45, 7) is 1.82. The first-order valence-corrected chi connectivity index (χ1v) is 11.2. The molecule has 1 amide bonds. The zero-order valence-electron chi connectivity index (χ0n) is 16.4. The van der Waals surface area contributed by atoms with E-state index in [-0.39, 0.29) is 32.6 Å². The summed E-state index contributed by atoms with van der Waals surface area (Å²) >= 11 is 1.23. The lowest BCUT2D eigenvalue weighted by Crippen LogP contribution is -2.38. The number of hydrogen-bond acceptors (Lipinski definition) is 8. The topological polar surface area (TPSA) is 119 Å². The number of aryl methyl sites for hydroxylation is 1. The van der Waals surface area contributed by atoms with Gasteiger partial charge in [-0.3, -0.25) is 19.4 Å². The number of rotatable bonds is 4. The highest BCUT2D eigenvalue weighted by Crippen LogP contribution is 2.37. The maximum atomic E-state index is 13.1. The van der Waals surface area contributed by atoms with Crippen LogP contribution in [0.15, 0.2) is 65.6 Å². The third-order valence-electron chi connectivity index (χ3n) is 4.45. The molecule has 0 bridgehead atoms. The first-order valence-electron chi connectivity index (χ1n) is 8.97. The van der Waals surface area contributed by atoms with Crippen LogP contribution in [-0.4, -0.2) is 41.6 Å². The van der Waals surface area contributed by atoms with Crippen molar-refractivity contribution in [2.45, 2.75) is 11.8 Å². The van der Waals surface area contributed by atoms with Crippen molar-refractivity contribution in [2.24, 2.45) is 0 Å². The Hall–Kier alpha value is -3.57. The molecule has 3 heterocycles. The summed E-state index contributed by atoms with van der Waals surface area (Å²) in [5, 5.41) is 2.86. The molecule has 0 aliphatic carbocycles. The molecule has 0 atom stereocenters. The molecule has 31 heavy (non-hydrogen) atoms. The van der Waals surface area contributed by atoms with Crippen LogP contribution in [0.5, 0.6) is 0 Å². The normalized spacial score (nSPS) is 14.7. The van der Waals surface area contributed by atoms with Gasteiger partial charge in [-0.15, -0.1) is 11.3 Å². The first kappa shape index (κ1) is 20.7. The Morgan fingerprint density at radius 2 is 1.90 bits per heavy atom. The van der Waals surface area contributed by atoms with Crippen molar-refractivity contribution in [3.05, 3.63) is 76.7 Å². The number of carbonyl (C=O) groups excluding carboxylic acids is 2. The Kier molecular flexibility index (Phi) is 5.29. The zero-order chi connectivity index (χ0) is 22.2. The molecule has 0 spiro atoms. The number of amides is 1. The van der Waals surface area contributed by atoms with E-state index in [0.29, 0.717) is 0 Å². The summed E-state index contributed by atoms with van der Waals surface area (Å²) in [5.41, 5.74) is -0.0685. The predicted octanol–water partition coefficient (Wildman–Crippen LogP) is 2.64. The van der Waals surface area contributed by atoms with Gasteiger partial charge in [0.25, 0.3) is 15.9 Å². The van der Waals surface area contributed by atoms with Crippen LogP contribution in [0.25, 0.3) is 5.76 Å². The van der Waals surface area contributed by atoms with Crippen molar-refractivity contribution in [1.82, 2.24) is 14.3 Å². The maximum absolute atomic E-state index is 13.1. The Balaban J connectivity index is 1.85. The van der Waals surface area contributed by atoms with Gasteiger partial charge < -0.3 is 4.74 Å². The summed E-state index contributed by atoms with van der Waals surface area (Å²) in [4.78, 5) is 34.6. The number of nitrogens with one attached hydrogen (secondary N) is 1. The summed E-state index contributed by atoms with van der Waals surface area (Å²) in [5.74, 6) is -1.72. The number of benzene rings is 1. The summed E-state index contributed by atoms with van der Waals surface area (Å²) in [6, 6.07) is 9.08. The SMILES string of the molecule is Cc1cnc(NC(=O)C2=C(OC(=O)c3cccnc3)c3ccccc3S(=O)(=O)N2C)s1. The highest BCUT2D eigenvalue weighted by atomic mass is 32.2. The number of carbonyl (C=O) groups is 2. The van der Waals surface area contributed by atoms with E-state index in [4.69, 9.17) is 4.74 Å². The highest BCUT2D eigenvalue weighted by molar-refractivity contribution is 7.89. The van der Waals surface area contributed by atoms with Crippen LogP contribution in [0.3, 0.4) is 0 Å². The fourth-order valence-corrected chi connectivity index (χ4v) is 5.02. The number of likely N-dealkylation sites (N-methyl/N-ethyl adjacent to an activating group) is 1. The standard InChI is InChI=1S/C20H16N4O5S2/c1-12-10-22-20(30-12)23-18(25)16-17(29-19(26)13-6-5-9-21-11-13)14-7-3-4-8-15(14)31(27,28)24(16)2/h3-11H,1-2H3,(H,22,23,25). The number of aromatic nitrogens is 2. The van der Waals surface area contributed by atoms with Gasteiger partial charge in [0.2, 0.25) is 0 Å². The fourth-order valence-electron chi connectivity index (χ4n) is 2.97. The minimum absolute atomic E-state index is 0.0758. The van der Waals surface area contributed by atoms with E-state index in [1.165, 1.54) is 49.0 Å². The number of anilines is 1. The van der Waals surface area contributed by atoms with Crippen molar-refractivity contribution in [1.29, 1.82) is 0 Å². The number of fused-ring (bicyclic) bond motifs is 1. The van der Waals surface area contributed by atoms with Gasteiger partial charge in [-0.1, -0.05) is 12.1 Å². The summed E-state index contributed by atoms with van der Waals surface area (Å²) < 4.78 is 32.4. The monoisotopic (exact) mass is 456 g/mol. The molecule has 0 saturated carbocycles. The van der Waals surface area contributed by atoms with Crippen LogP contribution in [-0.2, 0) is 19.6 Å². The molecule has 158 valence electrons. The van der Waals surface area contributed by atoms with Crippen LogP contribution < -0.4 is 5.32 Å². The number of sulfonamides is 1. The molecule has 4 rings (SSSR count). The number of nitrogens with zero attached hydrogens (tertiary/aromatic N) is 3.